The molecule has 7 heteroatoms. The first kappa shape index (κ1) is 21.8. The smallest absolute Gasteiger partial charge is 0.281 e. The van der Waals surface area contributed by atoms with E-state index in [1.54, 1.807) is 14.0 Å². The lowest BCUT2D eigenvalue weighted by atomic mass is 10.1. The van der Waals surface area contributed by atoms with E-state index in [1.807, 2.05) is 62.4 Å². The summed E-state index contributed by atoms with van der Waals surface area (Å²) < 4.78 is 6.33. The first-order valence-corrected chi connectivity index (χ1v) is 9.84. The van der Waals surface area contributed by atoms with Crippen LogP contribution in [-0.4, -0.2) is 16.8 Å². The molecule has 158 valence electrons. The SMILES string of the molecule is COc1ccc(CCn2c(O)c(C#N)c(C)c(N=Nc3c(C)cccc3C)c2=O)cc1. The number of azo groups is 1. The molecule has 2 aromatic carbocycles. The number of aryl methyl sites for hydroxylation is 3. The molecule has 1 aromatic heterocycles. The van der Waals surface area contributed by atoms with Crippen LogP contribution in [0.2, 0.25) is 0 Å². The molecule has 0 spiro atoms. The molecule has 31 heavy (non-hydrogen) atoms. The maximum absolute atomic E-state index is 13.1. The molecule has 0 saturated heterocycles. The van der Waals surface area contributed by atoms with Crippen LogP contribution in [0.15, 0.2) is 57.5 Å². The summed E-state index contributed by atoms with van der Waals surface area (Å²) in [6.07, 6.45) is 0.485. The first-order valence-electron chi connectivity index (χ1n) is 9.84. The Morgan fingerprint density at radius 3 is 2.23 bits per heavy atom. The van der Waals surface area contributed by atoms with Gasteiger partial charge in [-0.2, -0.15) is 5.26 Å². The predicted molar refractivity (Wildman–Crippen MR) is 119 cm³/mol. The van der Waals surface area contributed by atoms with Gasteiger partial charge in [-0.3, -0.25) is 9.36 Å². The molecule has 1 heterocycles. The Labute approximate surface area is 180 Å². The summed E-state index contributed by atoms with van der Waals surface area (Å²) in [6, 6.07) is 15.2. The Kier molecular flexibility index (Phi) is 6.51. The topological polar surface area (TPSA) is 100.0 Å². The maximum Gasteiger partial charge on any atom is 0.281 e. The van der Waals surface area contributed by atoms with E-state index in [9.17, 15) is 15.2 Å². The fourth-order valence-electron chi connectivity index (χ4n) is 3.36. The van der Waals surface area contributed by atoms with Gasteiger partial charge in [0.25, 0.3) is 5.56 Å². The largest absolute Gasteiger partial charge is 0.497 e. The van der Waals surface area contributed by atoms with Crippen LogP contribution in [0.4, 0.5) is 11.4 Å². The van der Waals surface area contributed by atoms with Gasteiger partial charge in [-0.25, -0.2) is 0 Å². The van der Waals surface area contributed by atoms with E-state index >= 15 is 0 Å². The molecule has 3 aromatic rings. The quantitative estimate of drug-likeness (QED) is 0.570. The van der Waals surface area contributed by atoms with Gasteiger partial charge in [0.15, 0.2) is 5.69 Å². The average molecular weight is 416 g/mol. The number of rotatable bonds is 6. The van der Waals surface area contributed by atoms with Crippen LogP contribution in [0, 0.1) is 32.1 Å². The fraction of sp³-hybridized carbons (Fsp3) is 0.250. The number of hydrogen-bond donors (Lipinski definition) is 1. The molecule has 0 amide bonds. The number of aromatic nitrogens is 1. The minimum absolute atomic E-state index is 0.0183. The molecule has 0 aliphatic carbocycles. The van der Waals surface area contributed by atoms with Crippen molar-refractivity contribution < 1.29 is 9.84 Å². The second-order valence-corrected chi connectivity index (χ2v) is 7.28. The zero-order valence-corrected chi connectivity index (χ0v) is 18.0. The third kappa shape index (κ3) is 4.48. The number of nitrogens with zero attached hydrogens (tertiary/aromatic N) is 4. The van der Waals surface area contributed by atoms with Crippen LogP contribution >= 0.6 is 0 Å². The number of nitriles is 1. The number of ether oxygens (including phenoxy) is 1. The molecule has 0 saturated carbocycles. The van der Waals surface area contributed by atoms with E-state index in [4.69, 9.17) is 4.74 Å². The molecule has 0 aliphatic rings. The standard InChI is InChI=1S/C24H24N4O3/c1-15-6-5-7-16(2)21(15)26-27-22-17(3)20(14-25)23(29)28(24(22)30)13-12-18-8-10-19(31-4)11-9-18/h5-11,29H,12-13H2,1-4H3. The van der Waals surface area contributed by atoms with Gasteiger partial charge in [0.05, 0.1) is 12.8 Å². The van der Waals surface area contributed by atoms with Gasteiger partial charge in [-0.1, -0.05) is 30.3 Å². The van der Waals surface area contributed by atoms with Gasteiger partial charge in [-0.15, -0.1) is 10.2 Å². The van der Waals surface area contributed by atoms with Crippen LogP contribution < -0.4 is 10.3 Å². The van der Waals surface area contributed by atoms with Crippen LogP contribution in [0.25, 0.3) is 0 Å². The van der Waals surface area contributed by atoms with Crippen LogP contribution in [0.5, 0.6) is 11.6 Å². The number of benzene rings is 2. The van der Waals surface area contributed by atoms with Gasteiger partial charge in [0, 0.05) is 12.1 Å². The second kappa shape index (κ2) is 9.26. The highest BCUT2D eigenvalue weighted by atomic mass is 16.5. The Bertz CT molecular complexity index is 1220. The number of methoxy groups -OCH3 is 1. The van der Waals surface area contributed by atoms with Gasteiger partial charge in [0.2, 0.25) is 5.88 Å². The van der Waals surface area contributed by atoms with Crippen molar-refractivity contribution >= 4 is 11.4 Å². The maximum atomic E-state index is 13.1. The first-order chi connectivity index (χ1) is 14.9. The van der Waals surface area contributed by atoms with E-state index in [2.05, 4.69) is 10.2 Å². The summed E-state index contributed by atoms with van der Waals surface area (Å²) in [5.41, 5.74) is 3.39. The summed E-state index contributed by atoms with van der Waals surface area (Å²) in [5.74, 6) is 0.379. The predicted octanol–water partition coefficient (Wildman–Crippen LogP) is 5.02. The zero-order chi connectivity index (χ0) is 22.5. The Balaban J connectivity index is 2.01. The summed E-state index contributed by atoms with van der Waals surface area (Å²) in [7, 11) is 1.59. The summed E-state index contributed by atoms with van der Waals surface area (Å²) in [6.45, 7) is 5.61. The Morgan fingerprint density at radius 2 is 1.65 bits per heavy atom. The van der Waals surface area contributed by atoms with Crippen molar-refractivity contribution in [3.8, 4) is 17.7 Å². The second-order valence-electron chi connectivity index (χ2n) is 7.28. The van der Waals surface area contributed by atoms with Crippen molar-refractivity contribution in [1.29, 1.82) is 5.26 Å². The highest BCUT2D eigenvalue weighted by Crippen LogP contribution is 2.29. The summed E-state index contributed by atoms with van der Waals surface area (Å²) in [4.78, 5) is 13.1. The summed E-state index contributed by atoms with van der Waals surface area (Å²) >= 11 is 0. The molecule has 0 radical (unpaired) electrons. The Morgan fingerprint density at radius 1 is 1.03 bits per heavy atom. The molecule has 0 fully saturated rings. The van der Waals surface area contributed by atoms with E-state index in [0.717, 1.165) is 22.4 Å². The van der Waals surface area contributed by atoms with Gasteiger partial charge < -0.3 is 9.84 Å². The lowest BCUT2D eigenvalue weighted by Crippen LogP contribution is -2.23. The monoisotopic (exact) mass is 416 g/mol. The third-order valence-corrected chi connectivity index (χ3v) is 5.24. The van der Waals surface area contributed by atoms with Gasteiger partial charge >= 0.3 is 0 Å². The van der Waals surface area contributed by atoms with Crippen molar-refractivity contribution in [1.82, 2.24) is 4.57 Å². The Hall–Kier alpha value is -3.92. The number of pyridine rings is 1. The van der Waals surface area contributed by atoms with Crippen molar-refractivity contribution in [2.75, 3.05) is 7.11 Å². The number of hydrogen-bond acceptors (Lipinski definition) is 6. The van der Waals surface area contributed by atoms with Gasteiger partial charge in [-0.05, 0) is 56.0 Å². The highest BCUT2D eigenvalue weighted by molar-refractivity contribution is 5.57. The minimum atomic E-state index is -0.488. The van der Waals surface area contributed by atoms with Crippen LogP contribution in [0.3, 0.4) is 0 Å². The van der Waals surface area contributed by atoms with Crippen molar-refractivity contribution in [2.45, 2.75) is 33.7 Å². The van der Waals surface area contributed by atoms with E-state index < -0.39 is 5.56 Å². The minimum Gasteiger partial charge on any atom is -0.497 e. The molecular weight excluding hydrogens is 392 g/mol. The van der Waals surface area contributed by atoms with Crippen molar-refractivity contribution in [3.05, 3.63) is 80.6 Å². The molecule has 0 unspecified atom stereocenters. The van der Waals surface area contributed by atoms with Crippen molar-refractivity contribution in [3.63, 3.8) is 0 Å². The lowest BCUT2D eigenvalue weighted by molar-refractivity contribution is 0.403. The molecule has 0 aliphatic heterocycles. The lowest BCUT2D eigenvalue weighted by Gasteiger charge is -2.13. The molecule has 3 rings (SSSR count). The highest BCUT2D eigenvalue weighted by Gasteiger charge is 2.19. The van der Waals surface area contributed by atoms with Crippen LogP contribution in [-0.2, 0) is 13.0 Å². The molecule has 0 atom stereocenters. The molecular formula is C24H24N4O3. The van der Waals surface area contributed by atoms with Gasteiger partial charge in [0.1, 0.15) is 17.4 Å². The summed E-state index contributed by atoms with van der Waals surface area (Å²) in [5, 5.41) is 28.6. The van der Waals surface area contributed by atoms with Crippen molar-refractivity contribution in [2.24, 2.45) is 10.2 Å². The fourth-order valence-corrected chi connectivity index (χ4v) is 3.36. The van der Waals surface area contributed by atoms with E-state index in [0.29, 0.717) is 17.7 Å². The van der Waals surface area contributed by atoms with E-state index in [-0.39, 0.29) is 23.7 Å². The average Bonchev–Trinajstić information content (AvgIpc) is 2.76. The normalized spacial score (nSPS) is 10.9. The number of aromatic hydroxyl groups is 1. The third-order valence-electron chi connectivity index (χ3n) is 5.24. The van der Waals surface area contributed by atoms with Crippen LogP contribution in [0.1, 0.15) is 27.8 Å². The van der Waals surface area contributed by atoms with E-state index in [1.165, 1.54) is 4.57 Å². The zero-order valence-electron chi connectivity index (χ0n) is 18.0. The molecule has 1 N–H and O–H groups in total. The molecule has 7 nitrogen and oxygen atoms in total. The molecule has 0 bridgehead atoms.